The maximum Gasteiger partial charge on any atom is 0.225 e. The van der Waals surface area contributed by atoms with Crippen molar-refractivity contribution in [1.82, 2.24) is 15.0 Å². The summed E-state index contributed by atoms with van der Waals surface area (Å²) in [6, 6.07) is 7.47. The number of nitrogens with zero attached hydrogens (tertiary/aromatic N) is 3. The fourth-order valence-corrected chi connectivity index (χ4v) is 2.53. The number of aliphatic hydroxyl groups is 1. The third-order valence-corrected chi connectivity index (χ3v) is 3.78. The Morgan fingerprint density at radius 1 is 1.08 bits per heavy atom. The fourth-order valence-electron chi connectivity index (χ4n) is 2.53. The zero-order valence-corrected chi connectivity index (χ0v) is 14.7. The van der Waals surface area contributed by atoms with Gasteiger partial charge in [0, 0.05) is 36.9 Å². The van der Waals surface area contributed by atoms with Gasteiger partial charge >= 0.3 is 0 Å². The third-order valence-electron chi connectivity index (χ3n) is 3.78. The van der Waals surface area contributed by atoms with Gasteiger partial charge in [0.15, 0.2) is 11.5 Å². The summed E-state index contributed by atoms with van der Waals surface area (Å²) >= 11 is 0. The molecule has 3 aromatic rings. The monoisotopic (exact) mass is 355 g/mol. The second-order valence-corrected chi connectivity index (χ2v) is 5.49. The smallest absolute Gasteiger partial charge is 0.225 e. The maximum atomic E-state index is 9.13. The highest BCUT2D eigenvalue weighted by molar-refractivity contribution is 5.92. The van der Waals surface area contributed by atoms with Gasteiger partial charge in [-0.2, -0.15) is 4.98 Å². The van der Waals surface area contributed by atoms with Crippen LogP contribution in [0.25, 0.3) is 10.9 Å². The molecular weight excluding hydrogens is 334 g/mol. The standard InChI is InChI=1S/C18H21N5O3/c1-25-15-8-13-14(9-16(15)26-2)22-18(23-17(13)20-6-7-24)21-11-12-4-3-5-19-10-12/h3-5,8-10,24H,6-7,11H2,1-2H3,(H2,20,21,22,23). The van der Waals surface area contributed by atoms with Crippen LogP contribution in [0, 0.1) is 0 Å². The Kier molecular flexibility index (Phi) is 5.65. The number of hydrogen-bond donors (Lipinski definition) is 3. The second kappa shape index (κ2) is 8.30. The van der Waals surface area contributed by atoms with E-state index in [1.165, 1.54) is 0 Å². The number of benzene rings is 1. The quantitative estimate of drug-likeness (QED) is 0.564. The Bertz CT molecular complexity index is 874. The Balaban J connectivity index is 1.98. The zero-order chi connectivity index (χ0) is 18.4. The van der Waals surface area contributed by atoms with Crippen molar-refractivity contribution in [2.75, 3.05) is 38.0 Å². The molecule has 0 spiro atoms. The van der Waals surface area contributed by atoms with Gasteiger partial charge in [-0.3, -0.25) is 4.98 Å². The largest absolute Gasteiger partial charge is 0.493 e. The van der Waals surface area contributed by atoms with Crippen LogP contribution in [0.15, 0.2) is 36.7 Å². The molecule has 26 heavy (non-hydrogen) atoms. The zero-order valence-electron chi connectivity index (χ0n) is 14.7. The average Bonchev–Trinajstić information content (AvgIpc) is 2.70. The van der Waals surface area contributed by atoms with Crippen LogP contribution >= 0.6 is 0 Å². The lowest BCUT2D eigenvalue weighted by Crippen LogP contribution is -2.11. The molecule has 8 heteroatoms. The number of aliphatic hydroxyl groups excluding tert-OH is 1. The van der Waals surface area contributed by atoms with Crippen molar-refractivity contribution < 1.29 is 14.6 Å². The molecule has 0 saturated carbocycles. The molecule has 0 radical (unpaired) electrons. The predicted octanol–water partition coefficient (Wildman–Crippen LogP) is 2.06. The van der Waals surface area contributed by atoms with Crippen molar-refractivity contribution in [2.45, 2.75) is 6.54 Å². The molecule has 0 bridgehead atoms. The summed E-state index contributed by atoms with van der Waals surface area (Å²) in [6.45, 7) is 0.922. The molecule has 0 amide bonds. The molecule has 136 valence electrons. The molecule has 3 N–H and O–H groups in total. The number of fused-ring (bicyclic) bond motifs is 1. The highest BCUT2D eigenvalue weighted by Gasteiger charge is 2.13. The van der Waals surface area contributed by atoms with Crippen LogP contribution in [0.1, 0.15) is 5.56 Å². The number of aromatic nitrogens is 3. The number of nitrogens with one attached hydrogen (secondary N) is 2. The van der Waals surface area contributed by atoms with Crippen LogP contribution in [-0.2, 0) is 6.54 Å². The normalized spacial score (nSPS) is 10.6. The topological polar surface area (TPSA) is 101 Å². The van der Waals surface area contributed by atoms with Crippen LogP contribution in [0.4, 0.5) is 11.8 Å². The van der Waals surface area contributed by atoms with Gasteiger partial charge < -0.3 is 25.2 Å². The Labute approximate surface area is 151 Å². The molecule has 2 heterocycles. The van der Waals surface area contributed by atoms with Gasteiger partial charge in [0.25, 0.3) is 0 Å². The van der Waals surface area contributed by atoms with Crippen molar-refractivity contribution in [2.24, 2.45) is 0 Å². The number of anilines is 2. The first-order chi connectivity index (χ1) is 12.7. The van der Waals surface area contributed by atoms with E-state index in [1.807, 2.05) is 18.2 Å². The van der Waals surface area contributed by atoms with E-state index < -0.39 is 0 Å². The summed E-state index contributed by atoms with van der Waals surface area (Å²) in [5, 5.41) is 16.2. The van der Waals surface area contributed by atoms with E-state index in [1.54, 1.807) is 32.7 Å². The van der Waals surface area contributed by atoms with Crippen molar-refractivity contribution in [3.8, 4) is 11.5 Å². The lowest BCUT2D eigenvalue weighted by atomic mass is 10.2. The Hall–Kier alpha value is -3.13. The van der Waals surface area contributed by atoms with Gasteiger partial charge in [-0.25, -0.2) is 4.98 Å². The minimum atomic E-state index is -0.00275. The summed E-state index contributed by atoms with van der Waals surface area (Å²) in [6.07, 6.45) is 3.51. The highest BCUT2D eigenvalue weighted by atomic mass is 16.5. The van der Waals surface area contributed by atoms with E-state index in [2.05, 4.69) is 25.6 Å². The van der Waals surface area contributed by atoms with E-state index >= 15 is 0 Å². The van der Waals surface area contributed by atoms with E-state index in [0.717, 1.165) is 10.9 Å². The number of ether oxygens (including phenoxy) is 2. The maximum absolute atomic E-state index is 9.13. The number of rotatable bonds is 8. The molecule has 0 aliphatic carbocycles. The average molecular weight is 355 g/mol. The van der Waals surface area contributed by atoms with Crippen LogP contribution in [0.2, 0.25) is 0 Å². The van der Waals surface area contributed by atoms with Crippen molar-refractivity contribution >= 4 is 22.7 Å². The Morgan fingerprint density at radius 2 is 1.88 bits per heavy atom. The summed E-state index contributed by atoms with van der Waals surface area (Å²) < 4.78 is 10.7. The summed E-state index contributed by atoms with van der Waals surface area (Å²) in [5.41, 5.74) is 1.72. The molecule has 3 rings (SSSR count). The number of methoxy groups -OCH3 is 2. The molecule has 1 aromatic carbocycles. The lowest BCUT2D eigenvalue weighted by molar-refractivity contribution is 0.311. The Morgan fingerprint density at radius 3 is 2.58 bits per heavy atom. The van der Waals surface area contributed by atoms with Gasteiger partial charge in [0.1, 0.15) is 5.82 Å². The lowest BCUT2D eigenvalue weighted by Gasteiger charge is -2.14. The SMILES string of the molecule is COc1cc2nc(NCc3cccnc3)nc(NCCO)c2cc1OC. The molecule has 0 unspecified atom stereocenters. The number of hydrogen-bond acceptors (Lipinski definition) is 8. The van der Waals surface area contributed by atoms with Crippen LogP contribution in [-0.4, -0.2) is 47.4 Å². The van der Waals surface area contributed by atoms with Gasteiger partial charge in [-0.15, -0.1) is 0 Å². The number of pyridine rings is 1. The molecule has 0 saturated heterocycles. The van der Waals surface area contributed by atoms with Crippen molar-refractivity contribution in [3.63, 3.8) is 0 Å². The molecular formula is C18H21N5O3. The van der Waals surface area contributed by atoms with Gasteiger partial charge in [-0.1, -0.05) is 6.07 Å². The molecule has 2 aromatic heterocycles. The molecule has 0 aliphatic rings. The molecule has 0 fully saturated rings. The van der Waals surface area contributed by atoms with Gasteiger partial charge in [0.2, 0.25) is 5.95 Å². The highest BCUT2D eigenvalue weighted by Crippen LogP contribution is 2.34. The van der Waals surface area contributed by atoms with Gasteiger partial charge in [0.05, 0.1) is 26.3 Å². The van der Waals surface area contributed by atoms with E-state index in [9.17, 15) is 0 Å². The van der Waals surface area contributed by atoms with Crippen molar-refractivity contribution in [1.29, 1.82) is 0 Å². The first kappa shape index (κ1) is 17.7. The van der Waals surface area contributed by atoms with E-state index in [0.29, 0.717) is 41.9 Å². The first-order valence-electron chi connectivity index (χ1n) is 8.16. The summed E-state index contributed by atoms with van der Waals surface area (Å²) in [4.78, 5) is 13.2. The van der Waals surface area contributed by atoms with Crippen LogP contribution < -0.4 is 20.1 Å². The van der Waals surface area contributed by atoms with Crippen LogP contribution in [0.3, 0.4) is 0 Å². The van der Waals surface area contributed by atoms with E-state index in [-0.39, 0.29) is 6.61 Å². The second-order valence-electron chi connectivity index (χ2n) is 5.49. The van der Waals surface area contributed by atoms with Crippen LogP contribution in [0.5, 0.6) is 11.5 Å². The fraction of sp³-hybridized carbons (Fsp3) is 0.278. The predicted molar refractivity (Wildman–Crippen MR) is 99.8 cm³/mol. The van der Waals surface area contributed by atoms with E-state index in [4.69, 9.17) is 14.6 Å². The third kappa shape index (κ3) is 3.92. The summed E-state index contributed by atoms with van der Waals surface area (Å²) in [7, 11) is 3.16. The molecule has 0 atom stereocenters. The molecule has 0 aliphatic heterocycles. The minimum absolute atomic E-state index is 0.00275. The summed E-state index contributed by atoms with van der Waals surface area (Å²) in [5.74, 6) is 2.25. The first-order valence-corrected chi connectivity index (χ1v) is 8.16. The van der Waals surface area contributed by atoms with Crippen molar-refractivity contribution in [3.05, 3.63) is 42.2 Å². The van der Waals surface area contributed by atoms with Gasteiger partial charge in [-0.05, 0) is 17.7 Å². The molecule has 8 nitrogen and oxygen atoms in total. The minimum Gasteiger partial charge on any atom is -0.493 e.